The van der Waals surface area contributed by atoms with E-state index in [1.807, 2.05) is 0 Å². The summed E-state index contributed by atoms with van der Waals surface area (Å²) in [6.45, 7) is 1.55. The number of imidazole rings is 1. The summed E-state index contributed by atoms with van der Waals surface area (Å²) in [5, 5.41) is 19.4. The number of esters is 1. The smallest absolute Gasteiger partial charge is 0.337 e. The topological polar surface area (TPSA) is 130 Å². The number of aliphatic hydroxyl groups excluding tert-OH is 2. The van der Waals surface area contributed by atoms with Gasteiger partial charge in [0, 0.05) is 0 Å². The van der Waals surface area contributed by atoms with Crippen LogP contribution >= 0.6 is 0 Å². The first kappa shape index (κ1) is 14.2. The fourth-order valence-electron chi connectivity index (χ4n) is 1.71. The molecular weight excluding hydrogens is 268 g/mol. The number of nitrogens with zero attached hydrogens (tertiary/aromatic N) is 3. The van der Waals surface area contributed by atoms with Crippen molar-refractivity contribution < 1.29 is 19.7 Å². The number of hydrogen-bond donors (Lipinski definition) is 3. The third kappa shape index (κ3) is 2.68. The van der Waals surface area contributed by atoms with Gasteiger partial charge in [0.1, 0.15) is 6.10 Å². The standard InChI is InChI=1S/C11H14N4O5/c1-2-20-11(19)8(17)6(16)3-15-5-14-7-9(15)12-4-13-10(7)18/h4-6,8,16-17H,2-3H2,1H3,(H,12,13,18)/t6-,8-/m1/s1. The van der Waals surface area contributed by atoms with Crippen LogP contribution in [0.3, 0.4) is 0 Å². The zero-order chi connectivity index (χ0) is 14.7. The Labute approximate surface area is 112 Å². The third-order valence-electron chi connectivity index (χ3n) is 2.68. The monoisotopic (exact) mass is 282 g/mol. The molecule has 0 aliphatic heterocycles. The predicted octanol–water partition coefficient (Wildman–Crippen LogP) is -1.60. The first-order valence-electron chi connectivity index (χ1n) is 5.96. The van der Waals surface area contributed by atoms with Crippen molar-refractivity contribution in [3.8, 4) is 0 Å². The van der Waals surface area contributed by atoms with Gasteiger partial charge in [-0.1, -0.05) is 0 Å². The first-order valence-corrected chi connectivity index (χ1v) is 5.96. The number of hydrogen-bond acceptors (Lipinski definition) is 7. The molecular formula is C11H14N4O5. The van der Waals surface area contributed by atoms with Crippen LogP contribution in [0.5, 0.6) is 0 Å². The highest BCUT2D eigenvalue weighted by molar-refractivity contribution is 5.75. The molecule has 0 aromatic carbocycles. The van der Waals surface area contributed by atoms with Gasteiger partial charge in [-0.2, -0.15) is 0 Å². The number of H-pyrrole nitrogens is 1. The Balaban J connectivity index is 2.18. The van der Waals surface area contributed by atoms with Crippen LogP contribution in [-0.4, -0.2) is 54.5 Å². The molecule has 0 fully saturated rings. The van der Waals surface area contributed by atoms with E-state index in [1.54, 1.807) is 6.92 Å². The van der Waals surface area contributed by atoms with Crippen molar-refractivity contribution in [2.24, 2.45) is 0 Å². The zero-order valence-electron chi connectivity index (χ0n) is 10.7. The van der Waals surface area contributed by atoms with Crippen LogP contribution in [-0.2, 0) is 16.1 Å². The molecule has 0 amide bonds. The van der Waals surface area contributed by atoms with E-state index >= 15 is 0 Å². The third-order valence-corrected chi connectivity index (χ3v) is 2.68. The van der Waals surface area contributed by atoms with E-state index in [1.165, 1.54) is 17.2 Å². The summed E-state index contributed by atoms with van der Waals surface area (Å²) in [7, 11) is 0. The molecule has 0 radical (unpaired) electrons. The van der Waals surface area contributed by atoms with Crippen molar-refractivity contribution in [1.29, 1.82) is 0 Å². The molecule has 0 bridgehead atoms. The minimum atomic E-state index is -1.67. The summed E-state index contributed by atoms with van der Waals surface area (Å²) >= 11 is 0. The lowest BCUT2D eigenvalue weighted by molar-refractivity contribution is -0.159. The van der Waals surface area contributed by atoms with E-state index in [4.69, 9.17) is 0 Å². The van der Waals surface area contributed by atoms with E-state index in [0.717, 1.165) is 0 Å². The van der Waals surface area contributed by atoms with Crippen LogP contribution in [0, 0.1) is 0 Å². The molecule has 9 heteroatoms. The minimum Gasteiger partial charge on any atom is -0.464 e. The fraction of sp³-hybridized carbons (Fsp3) is 0.455. The van der Waals surface area contributed by atoms with Gasteiger partial charge in [-0.05, 0) is 6.92 Å². The highest BCUT2D eigenvalue weighted by atomic mass is 16.5. The van der Waals surface area contributed by atoms with Crippen LogP contribution in [0.25, 0.3) is 11.2 Å². The van der Waals surface area contributed by atoms with Crippen molar-refractivity contribution in [2.75, 3.05) is 6.61 Å². The molecule has 108 valence electrons. The summed E-state index contributed by atoms with van der Waals surface area (Å²) in [6, 6.07) is 0. The van der Waals surface area contributed by atoms with Gasteiger partial charge in [-0.3, -0.25) is 4.79 Å². The van der Waals surface area contributed by atoms with Crippen LogP contribution in [0.15, 0.2) is 17.4 Å². The van der Waals surface area contributed by atoms with Gasteiger partial charge in [-0.25, -0.2) is 14.8 Å². The number of carbonyl (C=O) groups excluding carboxylic acids is 1. The summed E-state index contributed by atoms with van der Waals surface area (Å²) in [6.07, 6.45) is -0.563. The van der Waals surface area contributed by atoms with Crippen molar-refractivity contribution in [3.05, 3.63) is 23.0 Å². The maximum absolute atomic E-state index is 11.4. The van der Waals surface area contributed by atoms with Crippen LogP contribution in [0.4, 0.5) is 0 Å². The Hall–Kier alpha value is -2.26. The lowest BCUT2D eigenvalue weighted by atomic mass is 10.2. The molecule has 0 unspecified atom stereocenters. The molecule has 0 aliphatic carbocycles. The number of nitrogens with one attached hydrogen (secondary N) is 1. The Morgan fingerprint density at radius 3 is 2.95 bits per heavy atom. The molecule has 0 spiro atoms. The van der Waals surface area contributed by atoms with Crippen LogP contribution in [0.1, 0.15) is 6.92 Å². The van der Waals surface area contributed by atoms with Crippen molar-refractivity contribution in [2.45, 2.75) is 25.7 Å². The Morgan fingerprint density at radius 1 is 1.50 bits per heavy atom. The molecule has 0 saturated heterocycles. The van der Waals surface area contributed by atoms with E-state index in [2.05, 4.69) is 19.7 Å². The fourth-order valence-corrected chi connectivity index (χ4v) is 1.71. The molecule has 2 rings (SSSR count). The maximum Gasteiger partial charge on any atom is 0.337 e. The van der Waals surface area contributed by atoms with Gasteiger partial charge in [0.15, 0.2) is 17.3 Å². The lowest BCUT2D eigenvalue weighted by Crippen LogP contribution is -2.38. The summed E-state index contributed by atoms with van der Waals surface area (Å²) in [5.41, 5.74) is -0.0386. The van der Waals surface area contributed by atoms with E-state index < -0.39 is 23.7 Å². The molecule has 3 N–H and O–H groups in total. The van der Waals surface area contributed by atoms with Crippen molar-refractivity contribution in [1.82, 2.24) is 19.5 Å². The average Bonchev–Trinajstić information content (AvgIpc) is 2.83. The largest absolute Gasteiger partial charge is 0.464 e. The summed E-state index contributed by atoms with van der Waals surface area (Å²) < 4.78 is 5.98. The lowest BCUT2D eigenvalue weighted by Gasteiger charge is -2.16. The molecule has 9 nitrogen and oxygen atoms in total. The van der Waals surface area contributed by atoms with Gasteiger partial charge in [0.25, 0.3) is 5.56 Å². The van der Waals surface area contributed by atoms with Crippen LogP contribution < -0.4 is 5.56 Å². The second kappa shape index (κ2) is 5.80. The Bertz CT molecular complexity index is 664. The van der Waals surface area contributed by atoms with Gasteiger partial charge in [-0.15, -0.1) is 0 Å². The van der Waals surface area contributed by atoms with Crippen molar-refractivity contribution in [3.63, 3.8) is 0 Å². The van der Waals surface area contributed by atoms with Gasteiger partial charge >= 0.3 is 5.97 Å². The number of aromatic amines is 1. The van der Waals surface area contributed by atoms with Crippen LogP contribution in [0.2, 0.25) is 0 Å². The summed E-state index contributed by atoms with van der Waals surface area (Å²) in [4.78, 5) is 32.9. The van der Waals surface area contributed by atoms with E-state index in [0.29, 0.717) is 0 Å². The molecule has 0 aliphatic rings. The highest BCUT2D eigenvalue weighted by Crippen LogP contribution is 2.07. The highest BCUT2D eigenvalue weighted by Gasteiger charge is 2.26. The predicted molar refractivity (Wildman–Crippen MR) is 66.8 cm³/mol. The van der Waals surface area contributed by atoms with E-state index in [9.17, 15) is 19.8 Å². The number of fused-ring (bicyclic) bond motifs is 1. The number of rotatable bonds is 5. The zero-order valence-corrected chi connectivity index (χ0v) is 10.7. The van der Waals surface area contributed by atoms with Gasteiger partial charge in [0.05, 0.1) is 25.8 Å². The number of aliphatic hydroxyl groups is 2. The second-order valence-corrected chi connectivity index (χ2v) is 4.07. The number of carbonyl (C=O) groups is 1. The molecule has 2 heterocycles. The minimum absolute atomic E-state index is 0.105. The number of ether oxygens (including phenoxy) is 1. The maximum atomic E-state index is 11.4. The van der Waals surface area contributed by atoms with E-state index in [-0.39, 0.29) is 24.3 Å². The normalized spacial score (nSPS) is 14.2. The van der Waals surface area contributed by atoms with Gasteiger partial charge < -0.3 is 24.5 Å². The number of aromatic nitrogens is 4. The molecule has 20 heavy (non-hydrogen) atoms. The second-order valence-electron chi connectivity index (χ2n) is 4.07. The molecule has 2 aromatic rings. The Morgan fingerprint density at radius 2 is 2.25 bits per heavy atom. The first-order chi connectivity index (χ1) is 9.54. The van der Waals surface area contributed by atoms with Gasteiger partial charge in [0.2, 0.25) is 0 Å². The van der Waals surface area contributed by atoms with Crippen molar-refractivity contribution >= 4 is 17.1 Å². The average molecular weight is 282 g/mol. The SMILES string of the molecule is CCOC(=O)[C@H](O)[C@H](O)Cn1cnc2c(=O)[nH]cnc21. The molecule has 0 saturated carbocycles. The summed E-state index contributed by atoms with van der Waals surface area (Å²) in [5.74, 6) is -0.907. The molecule has 2 atom stereocenters. The quantitative estimate of drug-likeness (QED) is 0.563. The Kier molecular flexibility index (Phi) is 4.11. The molecule has 2 aromatic heterocycles.